The van der Waals surface area contributed by atoms with Crippen LogP contribution in [-0.2, 0) is 17.8 Å². The SMILES string of the molecule is CC1CCCN(c2ccc(CNC(=O)CCc3ccc(F)cc3)cc2)C1. The second-order valence-electron chi connectivity index (χ2n) is 7.26. The van der Waals surface area contributed by atoms with Crippen LogP contribution in [0.5, 0.6) is 0 Å². The number of nitrogens with one attached hydrogen (secondary N) is 1. The Balaban J connectivity index is 1.44. The highest BCUT2D eigenvalue weighted by Gasteiger charge is 2.16. The number of amides is 1. The molecule has 0 spiro atoms. The molecule has 1 unspecified atom stereocenters. The number of anilines is 1. The minimum atomic E-state index is -0.249. The molecule has 1 N–H and O–H groups in total. The van der Waals surface area contributed by atoms with Gasteiger partial charge in [0.15, 0.2) is 0 Å². The summed E-state index contributed by atoms with van der Waals surface area (Å²) in [6, 6.07) is 14.8. The first-order valence-corrected chi connectivity index (χ1v) is 9.45. The minimum Gasteiger partial charge on any atom is -0.371 e. The molecule has 138 valence electrons. The average molecular weight is 354 g/mol. The third kappa shape index (κ3) is 5.32. The Morgan fingerprint density at radius 2 is 1.81 bits per heavy atom. The van der Waals surface area contributed by atoms with Crippen LogP contribution in [0.15, 0.2) is 48.5 Å². The molecule has 0 aromatic heterocycles. The molecule has 1 heterocycles. The van der Waals surface area contributed by atoms with E-state index in [2.05, 4.69) is 41.4 Å². The molecular weight excluding hydrogens is 327 g/mol. The van der Waals surface area contributed by atoms with E-state index in [-0.39, 0.29) is 11.7 Å². The summed E-state index contributed by atoms with van der Waals surface area (Å²) in [4.78, 5) is 14.5. The quantitative estimate of drug-likeness (QED) is 0.838. The van der Waals surface area contributed by atoms with Crippen LogP contribution in [0.1, 0.15) is 37.3 Å². The molecule has 2 aromatic rings. The van der Waals surface area contributed by atoms with Crippen LogP contribution in [0.3, 0.4) is 0 Å². The summed E-state index contributed by atoms with van der Waals surface area (Å²) in [5.41, 5.74) is 3.35. The van der Waals surface area contributed by atoms with Crippen LogP contribution < -0.4 is 10.2 Å². The molecule has 1 aliphatic rings. The van der Waals surface area contributed by atoms with E-state index in [1.54, 1.807) is 12.1 Å². The van der Waals surface area contributed by atoms with Crippen molar-refractivity contribution in [3.05, 3.63) is 65.5 Å². The van der Waals surface area contributed by atoms with Gasteiger partial charge in [0.25, 0.3) is 0 Å². The molecule has 2 aromatic carbocycles. The van der Waals surface area contributed by atoms with Gasteiger partial charge < -0.3 is 10.2 Å². The van der Waals surface area contributed by atoms with Gasteiger partial charge in [-0.05, 0) is 60.6 Å². The fourth-order valence-electron chi connectivity index (χ4n) is 3.45. The van der Waals surface area contributed by atoms with Crippen LogP contribution in [0.4, 0.5) is 10.1 Å². The van der Waals surface area contributed by atoms with E-state index in [4.69, 9.17) is 0 Å². The van der Waals surface area contributed by atoms with E-state index in [0.717, 1.165) is 30.1 Å². The Hall–Kier alpha value is -2.36. The summed E-state index contributed by atoms with van der Waals surface area (Å²) < 4.78 is 12.9. The molecule has 1 fully saturated rings. The van der Waals surface area contributed by atoms with E-state index in [1.807, 2.05) is 0 Å². The summed E-state index contributed by atoms with van der Waals surface area (Å²) in [6.45, 7) is 5.10. The maximum atomic E-state index is 12.9. The van der Waals surface area contributed by atoms with Gasteiger partial charge in [-0.25, -0.2) is 4.39 Å². The number of benzene rings is 2. The number of hydrogen-bond donors (Lipinski definition) is 1. The van der Waals surface area contributed by atoms with Crippen molar-refractivity contribution >= 4 is 11.6 Å². The third-order valence-corrected chi connectivity index (χ3v) is 5.00. The van der Waals surface area contributed by atoms with Gasteiger partial charge in [0.05, 0.1) is 0 Å². The van der Waals surface area contributed by atoms with E-state index in [9.17, 15) is 9.18 Å². The fourth-order valence-corrected chi connectivity index (χ4v) is 3.45. The Labute approximate surface area is 155 Å². The zero-order valence-electron chi connectivity index (χ0n) is 15.4. The van der Waals surface area contributed by atoms with Gasteiger partial charge in [0.2, 0.25) is 5.91 Å². The first-order valence-electron chi connectivity index (χ1n) is 9.45. The summed E-state index contributed by atoms with van der Waals surface area (Å²) in [5.74, 6) is 0.521. The molecule has 1 aliphatic heterocycles. The molecule has 4 heteroatoms. The number of carbonyl (C=O) groups excluding carboxylic acids is 1. The Kier molecular flexibility index (Phi) is 6.26. The predicted octanol–water partition coefficient (Wildman–Crippen LogP) is 4.31. The van der Waals surface area contributed by atoms with Gasteiger partial charge in [-0.2, -0.15) is 0 Å². The number of piperidine rings is 1. The monoisotopic (exact) mass is 354 g/mol. The van der Waals surface area contributed by atoms with Crippen molar-refractivity contribution in [1.29, 1.82) is 0 Å². The molecule has 1 amide bonds. The maximum Gasteiger partial charge on any atom is 0.220 e. The lowest BCUT2D eigenvalue weighted by Crippen LogP contribution is -2.34. The van der Waals surface area contributed by atoms with Gasteiger partial charge in [-0.15, -0.1) is 0 Å². The van der Waals surface area contributed by atoms with E-state index < -0.39 is 0 Å². The summed E-state index contributed by atoms with van der Waals surface area (Å²) in [5, 5.41) is 2.96. The second-order valence-corrected chi connectivity index (χ2v) is 7.26. The Morgan fingerprint density at radius 3 is 2.50 bits per heavy atom. The fraction of sp³-hybridized carbons (Fsp3) is 0.409. The second kappa shape index (κ2) is 8.84. The minimum absolute atomic E-state index is 0.0169. The van der Waals surface area contributed by atoms with Crippen molar-refractivity contribution in [2.24, 2.45) is 5.92 Å². The highest BCUT2D eigenvalue weighted by atomic mass is 19.1. The topological polar surface area (TPSA) is 32.3 Å². The number of carbonyl (C=O) groups is 1. The van der Waals surface area contributed by atoms with E-state index in [1.165, 1.54) is 30.7 Å². The molecule has 3 nitrogen and oxygen atoms in total. The lowest BCUT2D eigenvalue weighted by Gasteiger charge is -2.32. The number of hydrogen-bond acceptors (Lipinski definition) is 2. The largest absolute Gasteiger partial charge is 0.371 e. The number of rotatable bonds is 6. The first kappa shape index (κ1) is 18.4. The van der Waals surface area contributed by atoms with Crippen molar-refractivity contribution in [2.45, 2.75) is 39.2 Å². The highest BCUT2D eigenvalue weighted by Crippen LogP contribution is 2.23. The van der Waals surface area contributed by atoms with Crippen LogP contribution >= 0.6 is 0 Å². The summed E-state index contributed by atoms with van der Waals surface area (Å²) in [6.07, 6.45) is 3.61. The molecule has 1 atom stereocenters. The molecule has 0 saturated carbocycles. The Morgan fingerprint density at radius 1 is 1.12 bits per heavy atom. The Bertz CT molecular complexity index is 712. The molecule has 0 radical (unpaired) electrons. The molecule has 0 bridgehead atoms. The molecular formula is C22H27FN2O. The lowest BCUT2D eigenvalue weighted by molar-refractivity contribution is -0.121. The highest BCUT2D eigenvalue weighted by molar-refractivity contribution is 5.76. The van der Waals surface area contributed by atoms with Gasteiger partial charge in [-0.1, -0.05) is 31.2 Å². The normalized spacial score (nSPS) is 17.2. The van der Waals surface area contributed by atoms with Gasteiger partial charge in [0.1, 0.15) is 5.82 Å². The zero-order chi connectivity index (χ0) is 18.4. The van der Waals surface area contributed by atoms with Crippen LogP contribution in [0.2, 0.25) is 0 Å². The third-order valence-electron chi connectivity index (χ3n) is 5.00. The number of nitrogens with zero attached hydrogens (tertiary/aromatic N) is 1. The predicted molar refractivity (Wildman–Crippen MR) is 104 cm³/mol. The van der Waals surface area contributed by atoms with Crippen LogP contribution in [0.25, 0.3) is 0 Å². The smallest absolute Gasteiger partial charge is 0.220 e. The van der Waals surface area contributed by atoms with Crippen molar-refractivity contribution in [3.63, 3.8) is 0 Å². The molecule has 3 rings (SSSR count). The lowest BCUT2D eigenvalue weighted by atomic mass is 9.99. The molecule has 1 saturated heterocycles. The average Bonchev–Trinajstić information content (AvgIpc) is 2.66. The van der Waals surface area contributed by atoms with Crippen LogP contribution in [-0.4, -0.2) is 19.0 Å². The van der Waals surface area contributed by atoms with Gasteiger partial charge in [0, 0.05) is 31.7 Å². The van der Waals surface area contributed by atoms with Crippen molar-refractivity contribution in [2.75, 3.05) is 18.0 Å². The van der Waals surface area contributed by atoms with E-state index >= 15 is 0 Å². The molecule has 26 heavy (non-hydrogen) atoms. The van der Waals surface area contributed by atoms with Crippen LogP contribution in [0, 0.1) is 11.7 Å². The number of aryl methyl sites for hydroxylation is 1. The summed E-state index contributed by atoms with van der Waals surface area (Å²) >= 11 is 0. The van der Waals surface area contributed by atoms with E-state index in [0.29, 0.717) is 19.4 Å². The summed E-state index contributed by atoms with van der Waals surface area (Å²) in [7, 11) is 0. The number of halogens is 1. The van der Waals surface area contributed by atoms with Crippen molar-refractivity contribution in [1.82, 2.24) is 5.32 Å². The van der Waals surface area contributed by atoms with Gasteiger partial charge >= 0.3 is 0 Å². The standard InChI is InChI=1S/C22H27FN2O/c1-17-3-2-14-25(16-17)21-11-6-19(7-12-21)15-24-22(26)13-8-18-4-9-20(23)10-5-18/h4-7,9-12,17H,2-3,8,13-16H2,1H3,(H,24,26). The van der Waals surface area contributed by atoms with Gasteiger partial charge in [-0.3, -0.25) is 4.79 Å². The zero-order valence-corrected chi connectivity index (χ0v) is 15.4. The maximum absolute atomic E-state index is 12.9. The van der Waals surface area contributed by atoms with Crippen molar-refractivity contribution in [3.8, 4) is 0 Å². The molecule has 0 aliphatic carbocycles. The van der Waals surface area contributed by atoms with Crippen molar-refractivity contribution < 1.29 is 9.18 Å². The first-order chi connectivity index (χ1) is 12.6.